The normalized spacial score (nSPS) is 10.3. The molecule has 3 aromatic rings. The number of rotatable bonds is 4. The SMILES string of the molecule is COC(=O)c1c(-c2ccc(Br)cc2)csc1NC(=O)c1cnccn1. The largest absolute Gasteiger partial charge is 0.465 e. The van der Waals surface area contributed by atoms with Crippen LogP contribution in [0.25, 0.3) is 11.1 Å². The smallest absolute Gasteiger partial charge is 0.341 e. The Morgan fingerprint density at radius 1 is 1.20 bits per heavy atom. The van der Waals surface area contributed by atoms with Crippen LogP contribution in [-0.4, -0.2) is 29.0 Å². The third-order valence-corrected chi connectivity index (χ3v) is 4.78. The van der Waals surface area contributed by atoms with Crippen molar-refractivity contribution in [2.45, 2.75) is 0 Å². The summed E-state index contributed by atoms with van der Waals surface area (Å²) in [6.07, 6.45) is 4.27. The first-order chi connectivity index (χ1) is 12.1. The van der Waals surface area contributed by atoms with Gasteiger partial charge in [-0.15, -0.1) is 11.3 Å². The van der Waals surface area contributed by atoms with E-state index in [4.69, 9.17) is 4.74 Å². The van der Waals surface area contributed by atoms with Gasteiger partial charge in [0.25, 0.3) is 5.91 Å². The standard InChI is InChI=1S/C17H12BrN3O3S/c1-24-17(23)14-12(10-2-4-11(18)5-3-10)9-25-16(14)21-15(22)13-8-19-6-7-20-13/h2-9H,1H3,(H,21,22). The van der Waals surface area contributed by atoms with E-state index in [9.17, 15) is 9.59 Å². The summed E-state index contributed by atoms with van der Waals surface area (Å²) in [6.45, 7) is 0. The summed E-state index contributed by atoms with van der Waals surface area (Å²) >= 11 is 4.63. The number of nitrogens with zero attached hydrogens (tertiary/aromatic N) is 2. The number of nitrogens with one attached hydrogen (secondary N) is 1. The molecule has 1 aromatic carbocycles. The molecule has 0 radical (unpaired) electrons. The second kappa shape index (κ2) is 7.54. The molecule has 2 heterocycles. The summed E-state index contributed by atoms with van der Waals surface area (Å²) in [4.78, 5) is 32.4. The molecule has 0 unspecified atom stereocenters. The minimum absolute atomic E-state index is 0.164. The number of hydrogen-bond acceptors (Lipinski definition) is 6. The van der Waals surface area contributed by atoms with Crippen LogP contribution in [0.1, 0.15) is 20.8 Å². The Morgan fingerprint density at radius 3 is 2.60 bits per heavy atom. The minimum Gasteiger partial charge on any atom is -0.465 e. The zero-order valence-electron chi connectivity index (χ0n) is 13.0. The van der Waals surface area contributed by atoms with Gasteiger partial charge in [-0.1, -0.05) is 28.1 Å². The molecule has 3 rings (SSSR count). The summed E-state index contributed by atoms with van der Waals surface area (Å²) in [5.41, 5.74) is 2.02. The van der Waals surface area contributed by atoms with Crippen molar-refractivity contribution in [1.82, 2.24) is 9.97 Å². The first-order valence-corrected chi connectivity index (χ1v) is 8.80. The Kier molecular flexibility index (Phi) is 5.20. The van der Waals surface area contributed by atoms with Gasteiger partial charge in [0.2, 0.25) is 0 Å². The van der Waals surface area contributed by atoms with Crippen LogP contribution in [0.4, 0.5) is 5.00 Å². The molecular formula is C17H12BrN3O3S. The van der Waals surface area contributed by atoms with E-state index in [1.165, 1.54) is 37.0 Å². The van der Waals surface area contributed by atoms with E-state index in [1.54, 1.807) is 0 Å². The molecule has 126 valence electrons. The lowest BCUT2D eigenvalue weighted by molar-refractivity contribution is 0.0603. The number of anilines is 1. The molecule has 1 N–H and O–H groups in total. The second-order valence-corrected chi connectivity index (χ2v) is 6.69. The fraction of sp³-hybridized carbons (Fsp3) is 0.0588. The van der Waals surface area contributed by atoms with E-state index < -0.39 is 11.9 Å². The van der Waals surface area contributed by atoms with Crippen LogP contribution in [0.5, 0.6) is 0 Å². The predicted octanol–water partition coefficient (Wildman–Crippen LogP) is 4.01. The van der Waals surface area contributed by atoms with Crippen LogP contribution in [0.3, 0.4) is 0 Å². The van der Waals surface area contributed by atoms with E-state index >= 15 is 0 Å². The number of benzene rings is 1. The van der Waals surface area contributed by atoms with E-state index in [1.807, 2.05) is 29.6 Å². The van der Waals surface area contributed by atoms with Gasteiger partial charge in [-0.3, -0.25) is 9.78 Å². The molecule has 0 aliphatic rings. The number of carbonyl (C=O) groups is 2. The minimum atomic E-state index is -0.520. The third-order valence-electron chi connectivity index (χ3n) is 3.36. The summed E-state index contributed by atoms with van der Waals surface area (Å²) in [6, 6.07) is 7.53. The Balaban J connectivity index is 1.98. The van der Waals surface area contributed by atoms with Crippen molar-refractivity contribution in [3.63, 3.8) is 0 Å². The quantitative estimate of drug-likeness (QED) is 0.648. The average molecular weight is 418 g/mol. The lowest BCUT2D eigenvalue weighted by Gasteiger charge is -2.07. The van der Waals surface area contributed by atoms with Crippen molar-refractivity contribution >= 4 is 44.1 Å². The van der Waals surface area contributed by atoms with Crippen molar-refractivity contribution in [1.29, 1.82) is 0 Å². The topological polar surface area (TPSA) is 81.2 Å². The molecule has 2 aromatic heterocycles. The van der Waals surface area contributed by atoms with Gasteiger partial charge in [-0.2, -0.15) is 0 Å². The van der Waals surface area contributed by atoms with Gasteiger partial charge in [-0.05, 0) is 17.7 Å². The number of esters is 1. The predicted molar refractivity (Wildman–Crippen MR) is 98.8 cm³/mol. The van der Waals surface area contributed by atoms with E-state index in [-0.39, 0.29) is 5.69 Å². The molecule has 0 spiro atoms. The van der Waals surface area contributed by atoms with E-state index in [0.717, 1.165) is 10.0 Å². The summed E-state index contributed by atoms with van der Waals surface area (Å²) in [7, 11) is 1.31. The Bertz CT molecular complexity index is 911. The number of carbonyl (C=O) groups excluding carboxylic acids is 2. The van der Waals surface area contributed by atoms with Crippen molar-refractivity contribution in [2.24, 2.45) is 0 Å². The van der Waals surface area contributed by atoms with Crippen molar-refractivity contribution < 1.29 is 14.3 Å². The van der Waals surface area contributed by atoms with Gasteiger partial charge in [0, 0.05) is 27.8 Å². The molecule has 25 heavy (non-hydrogen) atoms. The van der Waals surface area contributed by atoms with Crippen LogP contribution in [0, 0.1) is 0 Å². The maximum atomic E-state index is 12.3. The van der Waals surface area contributed by atoms with Gasteiger partial charge < -0.3 is 10.1 Å². The highest BCUT2D eigenvalue weighted by Crippen LogP contribution is 2.36. The fourth-order valence-corrected chi connectivity index (χ4v) is 3.40. The number of thiophene rings is 1. The van der Waals surface area contributed by atoms with Crippen molar-refractivity contribution in [2.75, 3.05) is 12.4 Å². The summed E-state index contributed by atoms with van der Waals surface area (Å²) in [5, 5.41) is 4.92. The van der Waals surface area contributed by atoms with Crippen LogP contribution in [-0.2, 0) is 4.74 Å². The second-order valence-electron chi connectivity index (χ2n) is 4.90. The van der Waals surface area contributed by atoms with E-state index in [2.05, 4.69) is 31.2 Å². The highest BCUT2D eigenvalue weighted by Gasteiger charge is 2.23. The molecule has 0 aliphatic carbocycles. The van der Waals surface area contributed by atoms with Crippen LogP contribution >= 0.6 is 27.3 Å². The number of methoxy groups -OCH3 is 1. The highest BCUT2D eigenvalue weighted by molar-refractivity contribution is 9.10. The number of ether oxygens (including phenoxy) is 1. The summed E-state index contributed by atoms with van der Waals surface area (Å²) in [5.74, 6) is -0.962. The first-order valence-electron chi connectivity index (χ1n) is 7.13. The van der Waals surface area contributed by atoms with Gasteiger partial charge in [-0.25, -0.2) is 9.78 Å². The van der Waals surface area contributed by atoms with Crippen molar-refractivity contribution in [3.8, 4) is 11.1 Å². The number of amides is 1. The number of halogens is 1. The van der Waals surface area contributed by atoms with E-state index in [0.29, 0.717) is 16.1 Å². The van der Waals surface area contributed by atoms with Crippen LogP contribution < -0.4 is 5.32 Å². The Morgan fingerprint density at radius 2 is 1.96 bits per heavy atom. The first kappa shape index (κ1) is 17.2. The Hall–Kier alpha value is -2.58. The molecule has 0 bridgehead atoms. The highest BCUT2D eigenvalue weighted by atomic mass is 79.9. The zero-order valence-corrected chi connectivity index (χ0v) is 15.4. The zero-order chi connectivity index (χ0) is 17.8. The van der Waals surface area contributed by atoms with Gasteiger partial charge >= 0.3 is 5.97 Å². The molecular weight excluding hydrogens is 406 g/mol. The lowest BCUT2D eigenvalue weighted by Crippen LogP contribution is -2.15. The van der Waals surface area contributed by atoms with Gasteiger partial charge in [0.05, 0.1) is 13.3 Å². The maximum Gasteiger partial charge on any atom is 0.341 e. The van der Waals surface area contributed by atoms with Crippen LogP contribution in [0.2, 0.25) is 0 Å². The fourth-order valence-electron chi connectivity index (χ4n) is 2.18. The Labute approximate surface area is 156 Å². The lowest BCUT2D eigenvalue weighted by atomic mass is 10.0. The van der Waals surface area contributed by atoms with Crippen LogP contribution in [0.15, 0.2) is 52.7 Å². The molecule has 6 nitrogen and oxygen atoms in total. The molecule has 1 amide bonds. The van der Waals surface area contributed by atoms with Gasteiger partial charge in [0.15, 0.2) is 0 Å². The molecule has 0 saturated heterocycles. The van der Waals surface area contributed by atoms with Crippen molar-refractivity contribution in [3.05, 3.63) is 64.0 Å². The molecule has 0 aliphatic heterocycles. The average Bonchev–Trinajstić information content (AvgIpc) is 3.06. The maximum absolute atomic E-state index is 12.3. The molecule has 0 atom stereocenters. The molecule has 0 saturated carbocycles. The van der Waals surface area contributed by atoms with Gasteiger partial charge in [0.1, 0.15) is 16.3 Å². The number of aromatic nitrogens is 2. The molecule has 0 fully saturated rings. The summed E-state index contributed by atoms with van der Waals surface area (Å²) < 4.78 is 5.82. The monoisotopic (exact) mass is 417 g/mol. The third kappa shape index (κ3) is 3.75. The molecule has 8 heteroatoms. The number of hydrogen-bond donors (Lipinski definition) is 1.